The predicted molar refractivity (Wildman–Crippen MR) is 76.0 cm³/mol. The molecule has 0 radical (unpaired) electrons. The summed E-state index contributed by atoms with van der Waals surface area (Å²) in [7, 11) is 0. The summed E-state index contributed by atoms with van der Waals surface area (Å²) >= 11 is 3.95. The molecule has 2 aromatic carbocycles. The Morgan fingerprint density at radius 3 is 2.60 bits per heavy atom. The Hall–Kier alpha value is -1.91. The highest BCUT2D eigenvalue weighted by atomic mass is 79.9. The van der Waals surface area contributed by atoms with Gasteiger partial charge in [0.25, 0.3) is 5.69 Å². The smallest absolute Gasteiger partial charge is 0.258 e. The number of nitro groups is 1. The maximum absolute atomic E-state index is 14.1. The van der Waals surface area contributed by atoms with E-state index in [0.717, 1.165) is 11.8 Å². The van der Waals surface area contributed by atoms with Crippen LogP contribution in [0.5, 0.6) is 0 Å². The second-order valence-electron chi connectivity index (χ2n) is 3.68. The van der Waals surface area contributed by atoms with Crippen LogP contribution in [-0.2, 0) is 0 Å². The molecule has 0 unspecified atom stereocenters. The molecular weight excluding hydrogens is 347 g/mol. The van der Waals surface area contributed by atoms with Gasteiger partial charge in [-0.25, -0.2) is 4.39 Å². The second-order valence-corrected chi connectivity index (χ2v) is 5.55. The van der Waals surface area contributed by atoms with Crippen molar-refractivity contribution < 1.29 is 9.31 Å². The van der Waals surface area contributed by atoms with E-state index in [1.165, 1.54) is 18.2 Å². The molecule has 2 aromatic rings. The third kappa shape index (κ3) is 2.81. The Bertz CT molecular complexity index is 731. The van der Waals surface area contributed by atoms with Gasteiger partial charge in [-0.1, -0.05) is 23.9 Å². The predicted octanol–water partition coefficient (Wildman–Crippen LogP) is 4.52. The molecule has 0 amide bonds. The molecule has 0 atom stereocenters. The van der Waals surface area contributed by atoms with Gasteiger partial charge >= 0.3 is 0 Å². The van der Waals surface area contributed by atoms with Gasteiger partial charge in [-0.2, -0.15) is 5.26 Å². The van der Waals surface area contributed by atoms with Crippen molar-refractivity contribution in [2.75, 3.05) is 0 Å². The minimum atomic E-state index is -0.604. The average Bonchev–Trinajstić information content (AvgIpc) is 2.44. The Morgan fingerprint density at radius 2 is 1.95 bits per heavy atom. The number of nitrogens with zero attached hydrogens (tertiary/aromatic N) is 2. The zero-order valence-corrected chi connectivity index (χ0v) is 12.2. The van der Waals surface area contributed by atoms with Gasteiger partial charge in [-0.05, 0) is 34.1 Å². The summed E-state index contributed by atoms with van der Waals surface area (Å²) in [6.45, 7) is 0. The van der Waals surface area contributed by atoms with E-state index in [1.807, 2.05) is 6.07 Å². The summed E-state index contributed by atoms with van der Waals surface area (Å²) in [4.78, 5) is 10.9. The van der Waals surface area contributed by atoms with Gasteiger partial charge in [0.05, 0.1) is 19.9 Å². The van der Waals surface area contributed by atoms with Crippen molar-refractivity contribution >= 4 is 33.4 Å². The van der Waals surface area contributed by atoms with Crippen molar-refractivity contribution in [3.05, 3.63) is 62.4 Å². The molecule has 0 saturated carbocycles. The summed E-state index contributed by atoms with van der Waals surface area (Å²) in [6, 6.07) is 10.8. The van der Waals surface area contributed by atoms with E-state index >= 15 is 0 Å². The molecule has 0 aliphatic heterocycles. The lowest BCUT2D eigenvalue weighted by atomic mass is 10.2. The number of benzene rings is 2. The molecule has 2 rings (SSSR count). The van der Waals surface area contributed by atoms with E-state index in [2.05, 4.69) is 15.9 Å². The van der Waals surface area contributed by atoms with Gasteiger partial charge in [0.1, 0.15) is 6.07 Å². The van der Waals surface area contributed by atoms with Crippen LogP contribution in [0.1, 0.15) is 5.56 Å². The molecule has 0 fully saturated rings. The lowest BCUT2D eigenvalue weighted by Gasteiger charge is -2.06. The molecule has 4 nitrogen and oxygen atoms in total. The summed E-state index contributed by atoms with van der Waals surface area (Å²) in [5.41, 5.74) is 0.0896. The SMILES string of the molecule is N#Cc1ccc(Sc2ccccc2[N+](=O)[O-])c(F)c1Br. The monoisotopic (exact) mass is 352 g/mol. The van der Waals surface area contributed by atoms with E-state index in [0.29, 0.717) is 4.90 Å². The van der Waals surface area contributed by atoms with Crippen LogP contribution in [0.15, 0.2) is 50.7 Å². The van der Waals surface area contributed by atoms with Crippen LogP contribution < -0.4 is 0 Å². The number of halogens is 2. The Kier molecular flexibility index (Phi) is 4.37. The van der Waals surface area contributed by atoms with E-state index in [9.17, 15) is 14.5 Å². The van der Waals surface area contributed by atoms with Crippen molar-refractivity contribution in [2.24, 2.45) is 0 Å². The minimum Gasteiger partial charge on any atom is -0.258 e. The zero-order chi connectivity index (χ0) is 14.7. The van der Waals surface area contributed by atoms with Crippen LogP contribution in [0.2, 0.25) is 0 Å². The van der Waals surface area contributed by atoms with Crippen LogP contribution in [0, 0.1) is 27.3 Å². The molecule has 0 N–H and O–H groups in total. The number of nitro benzene ring substituents is 1. The van der Waals surface area contributed by atoms with Crippen LogP contribution in [0.3, 0.4) is 0 Å². The van der Waals surface area contributed by atoms with Crippen molar-refractivity contribution in [1.82, 2.24) is 0 Å². The molecule has 0 spiro atoms. The maximum atomic E-state index is 14.1. The third-order valence-corrected chi connectivity index (χ3v) is 4.32. The Balaban J connectivity index is 2.44. The fourth-order valence-corrected chi connectivity index (χ4v) is 3.03. The van der Waals surface area contributed by atoms with Crippen LogP contribution in [0.25, 0.3) is 0 Å². The molecule has 0 bridgehead atoms. The van der Waals surface area contributed by atoms with Gasteiger partial charge in [0.2, 0.25) is 0 Å². The lowest BCUT2D eigenvalue weighted by molar-refractivity contribution is -0.387. The van der Waals surface area contributed by atoms with Crippen molar-refractivity contribution in [3.63, 3.8) is 0 Å². The largest absolute Gasteiger partial charge is 0.283 e. The first kappa shape index (κ1) is 14.5. The quantitative estimate of drug-likeness (QED) is 0.601. The Labute approximate surface area is 126 Å². The summed E-state index contributed by atoms with van der Waals surface area (Å²) < 4.78 is 14.1. The summed E-state index contributed by atoms with van der Waals surface area (Å²) in [6.07, 6.45) is 0. The fourth-order valence-electron chi connectivity index (χ4n) is 1.51. The van der Waals surface area contributed by atoms with Gasteiger partial charge in [-0.3, -0.25) is 10.1 Å². The van der Waals surface area contributed by atoms with E-state index in [4.69, 9.17) is 5.26 Å². The minimum absolute atomic E-state index is 0.0589. The molecule has 0 saturated heterocycles. The molecule has 0 aliphatic rings. The molecule has 7 heteroatoms. The molecular formula is C13H6BrFN2O2S. The van der Waals surface area contributed by atoms with Crippen molar-refractivity contribution in [1.29, 1.82) is 5.26 Å². The highest BCUT2D eigenvalue weighted by Gasteiger charge is 2.17. The molecule has 0 heterocycles. The maximum Gasteiger partial charge on any atom is 0.283 e. The van der Waals surface area contributed by atoms with Gasteiger partial charge < -0.3 is 0 Å². The van der Waals surface area contributed by atoms with Gasteiger partial charge in [0.15, 0.2) is 5.82 Å². The molecule has 100 valence electrons. The average molecular weight is 353 g/mol. The molecule has 20 heavy (non-hydrogen) atoms. The van der Waals surface area contributed by atoms with E-state index < -0.39 is 10.7 Å². The standard InChI is InChI=1S/C13H6BrFN2O2S/c14-12-8(7-16)5-6-11(13(12)15)20-10-4-2-1-3-9(10)17(18)19/h1-6H. The molecule has 0 aliphatic carbocycles. The van der Waals surface area contributed by atoms with Crippen molar-refractivity contribution in [3.8, 4) is 6.07 Å². The molecule has 0 aromatic heterocycles. The lowest BCUT2D eigenvalue weighted by Crippen LogP contribution is -1.92. The summed E-state index contributed by atoms with van der Waals surface area (Å²) in [5, 5.41) is 19.7. The highest BCUT2D eigenvalue weighted by molar-refractivity contribution is 9.10. The first-order valence-electron chi connectivity index (χ1n) is 5.34. The first-order valence-corrected chi connectivity index (χ1v) is 6.95. The zero-order valence-electron chi connectivity index (χ0n) is 9.84. The normalized spacial score (nSPS) is 10.1. The van der Waals surface area contributed by atoms with Crippen LogP contribution in [0.4, 0.5) is 10.1 Å². The second kappa shape index (κ2) is 6.03. The number of hydrogen-bond donors (Lipinski definition) is 0. The highest BCUT2D eigenvalue weighted by Crippen LogP contribution is 2.38. The number of rotatable bonds is 3. The van der Waals surface area contributed by atoms with E-state index in [1.54, 1.807) is 18.2 Å². The van der Waals surface area contributed by atoms with Crippen LogP contribution >= 0.6 is 27.7 Å². The van der Waals surface area contributed by atoms with Gasteiger partial charge in [-0.15, -0.1) is 0 Å². The third-order valence-electron chi connectivity index (χ3n) is 2.45. The first-order chi connectivity index (χ1) is 9.54. The van der Waals surface area contributed by atoms with Crippen LogP contribution in [-0.4, -0.2) is 4.92 Å². The number of para-hydroxylation sites is 1. The number of nitriles is 1. The summed E-state index contributed by atoms with van der Waals surface area (Å²) in [5.74, 6) is -0.604. The van der Waals surface area contributed by atoms with Gasteiger partial charge in [0, 0.05) is 11.0 Å². The van der Waals surface area contributed by atoms with Crippen molar-refractivity contribution in [2.45, 2.75) is 9.79 Å². The fraction of sp³-hybridized carbons (Fsp3) is 0. The number of hydrogen-bond acceptors (Lipinski definition) is 4. The topological polar surface area (TPSA) is 66.9 Å². The van der Waals surface area contributed by atoms with E-state index in [-0.39, 0.29) is 20.6 Å². The Morgan fingerprint density at radius 1 is 1.25 bits per heavy atom.